The summed E-state index contributed by atoms with van der Waals surface area (Å²) in [5, 5.41) is 0. The van der Waals surface area contributed by atoms with E-state index < -0.39 is 13.9 Å². The van der Waals surface area contributed by atoms with Crippen LogP contribution in [-0.4, -0.2) is 35.6 Å². The number of rotatable bonds is 5. The molecule has 0 spiro atoms. The fourth-order valence-corrected chi connectivity index (χ4v) is 0.888. The maximum Gasteiger partial charge on any atom is 0.403 e. The number of hydrogen-bond donors (Lipinski definition) is 2. The predicted octanol–water partition coefficient (Wildman–Crippen LogP) is 0.499. The number of ether oxygens (including phenoxy) is 1. The third-order valence-corrected chi connectivity index (χ3v) is 1.67. The van der Waals surface area contributed by atoms with Crippen molar-refractivity contribution < 1.29 is 23.8 Å². The van der Waals surface area contributed by atoms with Gasteiger partial charge in [0.25, 0.3) is 0 Å². The Morgan fingerprint density at radius 3 is 2.38 bits per heavy atom. The van der Waals surface area contributed by atoms with Crippen LogP contribution in [0.15, 0.2) is 12.2 Å². The molecule has 0 aromatic rings. The lowest BCUT2D eigenvalue weighted by Crippen LogP contribution is -2.11. The summed E-state index contributed by atoms with van der Waals surface area (Å²) in [6, 6.07) is 0. The van der Waals surface area contributed by atoms with Gasteiger partial charge in [-0.3, -0.25) is 0 Å². The van der Waals surface area contributed by atoms with Crippen molar-refractivity contribution in [2.75, 3.05) is 19.9 Å². The second kappa shape index (κ2) is 5.29. The van der Waals surface area contributed by atoms with Crippen LogP contribution in [-0.2, 0) is 14.1 Å². The third-order valence-electron chi connectivity index (χ3n) is 1.00. The highest BCUT2D eigenvalue weighted by Crippen LogP contribution is 2.45. The zero-order valence-electron chi connectivity index (χ0n) is 7.69. The summed E-state index contributed by atoms with van der Waals surface area (Å²) in [5.41, 5.74) is 0.297. The summed E-state index contributed by atoms with van der Waals surface area (Å²) >= 11 is 0. The molecule has 76 valence electrons. The smallest absolute Gasteiger partial charge is 0.403 e. The molecule has 0 unspecified atom stereocenters. The molecule has 0 saturated heterocycles. The molecule has 0 aliphatic heterocycles. The van der Waals surface area contributed by atoms with Gasteiger partial charge in [-0.05, 0) is 6.92 Å². The van der Waals surface area contributed by atoms with E-state index in [0.717, 1.165) is 0 Å². The van der Waals surface area contributed by atoms with Gasteiger partial charge >= 0.3 is 13.9 Å². The van der Waals surface area contributed by atoms with E-state index in [-0.39, 0.29) is 13.2 Å². The quantitative estimate of drug-likeness (QED) is 0.298. The molecule has 0 aliphatic rings. The fraction of sp³-hybridized carbons (Fsp3) is 0.571. The summed E-state index contributed by atoms with van der Waals surface area (Å²) in [5.74, 6) is -0.514. The van der Waals surface area contributed by atoms with Crippen molar-refractivity contribution in [2.24, 2.45) is 0 Å². The van der Waals surface area contributed by atoms with Crippen molar-refractivity contribution >= 4 is 13.9 Å². The minimum Gasteiger partial charge on any atom is -0.460 e. The van der Waals surface area contributed by atoms with E-state index in [1.807, 2.05) is 0 Å². The van der Waals surface area contributed by atoms with E-state index in [1.54, 1.807) is 0 Å². The molecule has 2 N–H and O–H groups in total. The second-order valence-corrected chi connectivity index (χ2v) is 4.51. The molecule has 0 fully saturated rings. The maximum absolute atomic E-state index is 10.8. The largest absolute Gasteiger partial charge is 0.460 e. The molecular formula is C7H14O5P+. The fourth-order valence-electron chi connectivity index (χ4n) is 0.468. The van der Waals surface area contributed by atoms with Gasteiger partial charge in [0.1, 0.15) is 19.9 Å². The van der Waals surface area contributed by atoms with E-state index in [9.17, 15) is 4.79 Å². The lowest BCUT2D eigenvalue weighted by molar-refractivity contribution is -0.139. The molecule has 0 amide bonds. The van der Waals surface area contributed by atoms with Crippen molar-refractivity contribution in [3.8, 4) is 0 Å². The van der Waals surface area contributed by atoms with E-state index in [0.29, 0.717) is 5.57 Å². The molecule has 0 aliphatic carbocycles. The van der Waals surface area contributed by atoms with Crippen molar-refractivity contribution in [2.45, 2.75) is 6.92 Å². The van der Waals surface area contributed by atoms with Crippen LogP contribution in [0.3, 0.4) is 0 Å². The Morgan fingerprint density at radius 2 is 2.00 bits per heavy atom. The summed E-state index contributed by atoms with van der Waals surface area (Å²) in [7, 11) is -3.21. The Kier molecular flexibility index (Phi) is 5.10. The second-order valence-electron chi connectivity index (χ2n) is 2.58. The molecule has 5 nitrogen and oxygen atoms in total. The molecule has 6 heteroatoms. The average molecular weight is 209 g/mol. The van der Waals surface area contributed by atoms with Crippen molar-refractivity contribution in [1.29, 1.82) is 0 Å². The van der Waals surface area contributed by atoms with E-state index in [2.05, 4.69) is 15.8 Å². The van der Waals surface area contributed by atoms with Gasteiger partial charge < -0.3 is 4.74 Å². The van der Waals surface area contributed by atoms with Crippen molar-refractivity contribution in [1.82, 2.24) is 0 Å². The Morgan fingerprint density at radius 1 is 1.46 bits per heavy atom. The molecule has 0 bridgehead atoms. The van der Waals surface area contributed by atoms with Crippen LogP contribution >= 0.6 is 7.94 Å². The number of carbonyl (C=O) groups excluding carboxylic acids is 1. The van der Waals surface area contributed by atoms with Gasteiger partial charge in [-0.1, -0.05) is 6.58 Å². The van der Waals surface area contributed by atoms with Crippen molar-refractivity contribution in [3.63, 3.8) is 0 Å². The van der Waals surface area contributed by atoms with E-state index >= 15 is 0 Å². The summed E-state index contributed by atoms with van der Waals surface area (Å²) in [6.07, 6.45) is 0. The van der Waals surface area contributed by atoms with Crippen LogP contribution in [0.4, 0.5) is 0 Å². The number of carbonyl (C=O) groups is 1. The highest BCUT2D eigenvalue weighted by Gasteiger charge is 2.26. The minimum atomic E-state index is -3.21. The van der Waals surface area contributed by atoms with Gasteiger partial charge in [0.05, 0.1) is 0 Å². The first kappa shape index (κ1) is 12.5. The third kappa shape index (κ3) is 7.87. The monoisotopic (exact) mass is 209 g/mol. The number of hydrogen-bond acceptors (Lipinski definition) is 5. The molecule has 0 atom stereocenters. The van der Waals surface area contributed by atoms with Gasteiger partial charge in [0.2, 0.25) is 0 Å². The molecule has 0 saturated carbocycles. The van der Waals surface area contributed by atoms with E-state index in [4.69, 9.17) is 9.79 Å². The highest BCUT2D eigenvalue weighted by atomic mass is 31.2. The van der Waals surface area contributed by atoms with Gasteiger partial charge in [0, 0.05) is 5.57 Å². The van der Waals surface area contributed by atoms with Crippen LogP contribution in [0.1, 0.15) is 6.92 Å². The van der Waals surface area contributed by atoms with Gasteiger partial charge in [-0.25, -0.2) is 4.79 Å². The van der Waals surface area contributed by atoms with Gasteiger partial charge in [-0.15, -0.1) is 0 Å². The normalized spacial score (nSPS) is 11.1. The molecule has 0 radical (unpaired) electrons. The Balaban J connectivity index is 3.47. The molecule has 0 heterocycles. The summed E-state index contributed by atoms with van der Waals surface area (Å²) in [4.78, 5) is 28.3. The lowest BCUT2D eigenvalue weighted by atomic mass is 10.4. The molecule has 13 heavy (non-hydrogen) atoms. The molecule has 0 rings (SSSR count). The number of esters is 1. The Bertz CT molecular complexity index is 196. The van der Waals surface area contributed by atoms with Crippen LogP contribution in [0, 0.1) is 0 Å². The lowest BCUT2D eigenvalue weighted by Gasteiger charge is -2.06. The van der Waals surface area contributed by atoms with Gasteiger partial charge in [0.15, 0.2) is 0 Å². The van der Waals surface area contributed by atoms with Crippen LogP contribution in [0.25, 0.3) is 0 Å². The summed E-state index contributed by atoms with van der Waals surface area (Å²) in [6.45, 7) is 6.03. The molecule has 0 aromatic carbocycles. The molecular weight excluding hydrogens is 195 g/mol. The maximum atomic E-state index is 10.8. The highest BCUT2D eigenvalue weighted by molar-refractivity contribution is 7.58. The summed E-state index contributed by atoms with van der Waals surface area (Å²) < 4.78 is 9.21. The minimum absolute atomic E-state index is 0.0115. The zero-order valence-corrected chi connectivity index (χ0v) is 8.58. The first-order chi connectivity index (χ1) is 5.83. The first-order valence-corrected chi connectivity index (χ1v) is 5.68. The van der Waals surface area contributed by atoms with Crippen LogP contribution in [0.2, 0.25) is 0 Å². The van der Waals surface area contributed by atoms with E-state index in [1.165, 1.54) is 13.6 Å². The topological polar surface area (TPSA) is 76.0 Å². The first-order valence-electron chi connectivity index (χ1n) is 3.62. The standard InChI is InChI=1S/C7H14O5P/c1-6(2)7(8)11-4-5-12-13(3,9)10/h9-10H,1,4-5H2,2-3H3/q+1. The Labute approximate surface area is 77.6 Å². The van der Waals surface area contributed by atoms with Gasteiger partial charge in [-0.2, -0.15) is 14.3 Å². The van der Waals surface area contributed by atoms with Crippen molar-refractivity contribution in [3.05, 3.63) is 12.2 Å². The molecule has 0 aromatic heterocycles. The van der Waals surface area contributed by atoms with Crippen LogP contribution < -0.4 is 0 Å². The SMILES string of the molecule is C=C(C)C(=O)OCCO[P+](C)(O)O. The Hall–Kier alpha value is -0.480. The van der Waals surface area contributed by atoms with Crippen LogP contribution in [0.5, 0.6) is 0 Å². The predicted molar refractivity (Wildman–Crippen MR) is 49.0 cm³/mol. The average Bonchev–Trinajstić information content (AvgIpc) is 1.95. The zero-order chi connectivity index (χ0) is 10.5.